The van der Waals surface area contributed by atoms with Crippen LogP contribution in [-0.2, 0) is 14.6 Å². The minimum Gasteiger partial charge on any atom is -0.491 e. The normalized spacial score (nSPS) is 13.1. The van der Waals surface area contributed by atoms with Gasteiger partial charge in [-0.15, -0.1) is 0 Å². The van der Waals surface area contributed by atoms with Crippen LogP contribution >= 0.6 is 0 Å². The molecule has 0 saturated heterocycles. The lowest BCUT2D eigenvalue weighted by atomic mass is 10.3. The Hall–Kier alpha value is -1.60. The number of nitrogens with two attached hydrogens (primary N) is 2. The lowest BCUT2D eigenvalue weighted by Crippen LogP contribution is -2.41. The highest BCUT2D eigenvalue weighted by molar-refractivity contribution is 7.90. The molecule has 1 aromatic rings. The average Bonchev–Trinajstić information content (AvgIpc) is 2.25. The monoisotopic (exact) mass is 258 g/mol. The fraction of sp³-hybridized carbons (Fsp3) is 0.300. The summed E-state index contributed by atoms with van der Waals surface area (Å²) in [5.41, 5.74) is 10.3. The molecule has 6 nitrogen and oxygen atoms in total. The Bertz CT molecular complexity index is 496. The Balaban J connectivity index is 2.67. The molecule has 0 aliphatic rings. The molecule has 1 atom stereocenters. The number of carbonyl (C=O) groups excluding carboxylic acids is 1. The SMILES string of the molecule is CS(=O)(=O)c1ccc(OCC(N)C(N)=O)cc1. The molecule has 1 amide bonds. The molecular weight excluding hydrogens is 244 g/mol. The van der Waals surface area contributed by atoms with Crippen molar-refractivity contribution in [2.45, 2.75) is 10.9 Å². The van der Waals surface area contributed by atoms with Crippen molar-refractivity contribution in [1.82, 2.24) is 0 Å². The largest absolute Gasteiger partial charge is 0.491 e. The molecule has 0 bridgehead atoms. The second kappa shape index (κ2) is 5.15. The molecule has 1 aromatic carbocycles. The summed E-state index contributed by atoms with van der Waals surface area (Å²) in [6, 6.07) is 4.93. The van der Waals surface area contributed by atoms with Gasteiger partial charge in [0.15, 0.2) is 9.84 Å². The number of rotatable bonds is 5. The highest BCUT2D eigenvalue weighted by Gasteiger charge is 2.10. The molecule has 0 radical (unpaired) electrons. The molecule has 17 heavy (non-hydrogen) atoms. The van der Waals surface area contributed by atoms with E-state index in [1.807, 2.05) is 0 Å². The summed E-state index contributed by atoms with van der Waals surface area (Å²) >= 11 is 0. The van der Waals surface area contributed by atoms with E-state index in [0.29, 0.717) is 5.75 Å². The maximum atomic E-state index is 11.2. The zero-order chi connectivity index (χ0) is 13.1. The molecule has 0 saturated carbocycles. The van der Waals surface area contributed by atoms with Gasteiger partial charge in [-0.2, -0.15) is 0 Å². The first-order valence-electron chi connectivity index (χ1n) is 4.78. The maximum Gasteiger partial charge on any atom is 0.237 e. The molecule has 0 aliphatic heterocycles. The zero-order valence-corrected chi connectivity index (χ0v) is 10.1. The average molecular weight is 258 g/mol. The summed E-state index contributed by atoms with van der Waals surface area (Å²) in [4.78, 5) is 10.8. The van der Waals surface area contributed by atoms with Crippen molar-refractivity contribution in [3.8, 4) is 5.75 Å². The first-order valence-corrected chi connectivity index (χ1v) is 6.67. The molecule has 0 aromatic heterocycles. The maximum absolute atomic E-state index is 11.2. The highest BCUT2D eigenvalue weighted by atomic mass is 32.2. The predicted octanol–water partition coefficient (Wildman–Crippen LogP) is -0.718. The molecule has 1 unspecified atom stereocenters. The van der Waals surface area contributed by atoms with Crippen molar-refractivity contribution >= 4 is 15.7 Å². The van der Waals surface area contributed by atoms with E-state index in [1.165, 1.54) is 24.3 Å². The molecule has 0 aliphatic carbocycles. The first-order chi connectivity index (χ1) is 7.80. The summed E-state index contributed by atoms with van der Waals surface area (Å²) in [6.45, 7) is -0.0481. The van der Waals surface area contributed by atoms with Crippen LogP contribution in [0.5, 0.6) is 5.75 Å². The number of carbonyl (C=O) groups is 1. The molecule has 1 rings (SSSR count). The van der Waals surface area contributed by atoms with E-state index in [9.17, 15) is 13.2 Å². The fourth-order valence-electron chi connectivity index (χ4n) is 1.05. The van der Waals surface area contributed by atoms with Crippen LogP contribution in [0.4, 0.5) is 0 Å². The van der Waals surface area contributed by atoms with Crippen molar-refractivity contribution in [2.75, 3.05) is 12.9 Å². The second-order valence-electron chi connectivity index (χ2n) is 3.56. The number of hydrogen-bond donors (Lipinski definition) is 2. The number of hydrogen-bond acceptors (Lipinski definition) is 5. The van der Waals surface area contributed by atoms with Crippen LogP contribution in [0.2, 0.25) is 0 Å². The van der Waals surface area contributed by atoms with Gasteiger partial charge in [-0.05, 0) is 24.3 Å². The van der Waals surface area contributed by atoms with Crippen molar-refractivity contribution in [2.24, 2.45) is 11.5 Å². The summed E-state index contributed by atoms with van der Waals surface area (Å²) in [5.74, 6) is -0.230. The van der Waals surface area contributed by atoms with Crippen LogP contribution in [0.1, 0.15) is 0 Å². The van der Waals surface area contributed by atoms with E-state index in [-0.39, 0.29) is 11.5 Å². The topological polar surface area (TPSA) is 112 Å². The van der Waals surface area contributed by atoms with Gasteiger partial charge in [0.05, 0.1) is 4.90 Å². The molecule has 94 valence electrons. The van der Waals surface area contributed by atoms with Gasteiger partial charge in [-0.25, -0.2) is 8.42 Å². The van der Waals surface area contributed by atoms with E-state index in [0.717, 1.165) is 6.26 Å². The second-order valence-corrected chi connectivity index (χ2v) is 5.58. The minimum absolute atomic E-state index is 0.0481. The van der Waals surface area contributed by atoms with E-state index < -0.39 is 21.8 Å². The minimum atomic E-state index is -3.22. The van der Waals surface area contributed by atoms with Crippen molar-refractivity contribution < 1.29 is 17.9 Å². The molecule has 7 heteroatoms. The van der Waals surface area contributed by atoms with E-state index in [1.54, 1.807) is 0 Å². The fourth-order valence-corrected chi connectivity index (χ4v) is 1.68. The van der Waals surface area contributed by atoms with Crippen LogP contribution in [-0.4, -0.2) is 33.2 Å². The van der Waals surface area contributed by atoms with Gasteiger partial charge in [-0.3, -0.25) is 4.79 Å². The van der Waals surface area contributed by atoms with Crippen LogP contribution in [0.3, 0.4) is 0 Å². The first kappa shape index (κ1) is 13.5. The van der Waals surface area contributed by atoms with E-state index in [4.69, 9.17) is 16.2 Å². The van der Waals surface area contributed by atoms with Gasteiger partial charge in [0.2, 0.25) is 5.91 Å². The van der Waals surface area contributed by atoms with Gasteiger partial charge < -0.3 is 16.2 Å². The smallest absolute Gasteiger partial charge is 0.237 e. The van der Waals surface area contributed by atoms with Crippen LogP contribution in [0.15, 0.2) is 29.2 Å². The number of benzene rings is 1. The lowest BCUT2D eigenvalue weighted by molar-refractivity contribution is -0.119. The van der Waals surface area contributed by atoms with E-state index in [2.05, 4.69) is 0 Å². The number of ether oxygens (including phenoxy) is 1. The Morgan fingerprint density at radius 3 is 2.29 bits per heavy atom. The molecule has 0 fully saturated rings. The standard InChI is InChI=1S/C10H14N2O4S/c1-17(14,15)8-4-2-7(3-5-8)16-6-9(11)10(12)13/h2-5,9H,6,11H2,1H3,(H2,12,13). The third-order valence-corrected chi connectivity index (χ3v) is 3.18. The zero-order valence-electron chi connectivity index (χ0n) is 9.29. The van der Waals surface area contributed by atoms with Gasteiger partial charge in [0, 0.05) is 6.26 Å². The van der Waals surface area contributed by atoms with Gasteiger partial charge in [0.25, 0.3) is 0 Å². The molecule has 0 spiro atoms. The third kappa shape index (κ3) is 4.04. The quantitative estimate of drug-likeness (QED) is 0.723. The molecule has 4 N–H and O–H groups in total. The molecule has 0 heterocycles. The molecular formula is C10H14N2O4S. The Kier molecular flexibility index (Phi) is 4.08. The van der Waals surface area contributed by atoms with Gasteiger partial charge in [0.1, 0.15) is 18.4 Å². The summed E-state index contributed by atoms with van der Waals surface area (Å²) in [6.07, 6.45) is 1.12. The van der Waals surface area contributed by atoms with Crippen LogP contribution < -0.4 is 16.2 Å². The number of amides is 1. The van der Waals surface area contributed by atoms with Crippen molar-refractivity contribution in [1.29, 1.82) is 0 Å². The Morgan fingerprint density at radius 1 is 1.35 bits per heavy atom. The summed E-state index contributed by atoms with van der Waals surface area (Å²) < 4.78 is 27.5. The number of sulfone groups is 1. The highest BCUT2D eigenvalue weighted by Crippen LogP contribution is 2.15. The Morgan fingerprint density at radius 2 is 1.88 bits per heavy atom. The van der Waals surface area contributed by atoms with Crippen molar-refractivity contribution in [3.05, 3.63) is 24.3 Å². The van der Waals surface area contributed by atoms with Gasteiger partial charge in [-0.1, -0.05) is 0 Å². The van der Waals surface area contributed by atoms with Crippen LogP contribution in [0.25, 0.3) is 0 Å². The summed E-state index contributed by atoms with van der Waals surface area (Å²) in [7, 11) is -3.22. The van der Waals surface area contributed by atoms with Crippen molar-refractivity contribution in [3.63, 3.8) is 0 Å². The lowest BCUT2D eigenvalue weighted by Gasteiger charge is -2.10. The van der Waals surface area contributed by atoms with Crippen LogP contribution in [0, 0.1) is 0 Å². The number of primary amides is 1. The third-order valence-electron chi connectivity index (χ3n) is 2.05. The predicted molar refractivity (Wildman–Crippen MR) is 62.2 cm³/mol. The Labute approximate surface area is 99.5 Å². The van der Waals surface area contributed by atoms with Gasteiger partial charge >= 0.3 is 0 Å². The van der Waals surface area contributed by atoms with E-state index >= 15 is 0 Å². The summed E-state index contributed by atoms with van der Waals surface area (Å²) in [5, 5.41) is 0.